The third kappa shape index (κ3) is 1.81. The number of pyridine rings is 1. The largest absolute Gasteiger partial charge is 0.481 e. The van der Waals surface area contributed by atoms with Gasteiger partial charge < -0.3 is 10.4 Å². The summed E-state index contributed by atoms with van der Waals surface area (Å²) in [7, 11) is 0. The number of aromatic nitrogens is 1. The highest BCUT2D eigenvalue weighted by Gasteiger charge is 2.38. The highest BCUT2D eigenvalue weighted by molar-refractivity contribution is 5.87. The van der Waals surface area contributed by atoms with E-state index in [1.807, 2.05) is 0 Å². The molecule has 78 valence electrons. The minimum atomic E-state index is -0.956. The lowest BCUT2D eigenvalue weighted by Crippen LogP contribution is -2.24. The zero-order chi connectivity index (χ0) is 10.8. The molecule has 5 heteroatoms. The van der Waals surface area contributed by atoms with Crippen LogP contribution in [0, 0.1) is 5.92 Å². The number of carboxylic acids is 1. The van der Waals surface area contributed by atoms with E-state index in [9.17, 15) is 9.59 Å². The van der Waals surface area contributed by atoms with Crippen LogP contribution in [-0.2, 0) is 9.59 Å². The molecule has 2 heterocycles. The fraction of sp³-hybridized carbons (Fsp3) is 0.300. The molecule has 1 aromatic rings. The van der Waals surface area contributed by atoms with E-state index in [4.69, 9.17) is 5.11 Å². The van der Waals surface area contributed by atoms with Gasteiger partial charge in [0, 0.05) is 18.8 Å². The molecule has 0 aliphatic carbocycles. The van der Waals surface area contributed by atoms with Gasteiger partial charge in [-0.15, -0.1) is 0 Å². The summed E-state index contributed by atoms with van der Waals surface area (Å²) in [6.07, 6.45) is 3.22. The summed E-state index contributed by atoms with van der Waals surface area (Å²) in [5.74, 6) is -1.87. The van der Waals surface area contributed by atoms with Crippen molar-refractivity contribution in [3.05, 3.63) is 30.1 Å². The highest BCUT2D eigenvalue weighted by Crippen LogP contribution is 2.29. The van der Waals surface area contributed by atoms with Crippen LogP contribution in [0.15, 0.2) is 24.5 Å². The molecule has 0 saturated carbocycles. The Kier molecular flexibility index (Phi) is 2.37. The Hall–Kier alpha value is -1.91. The summed E-state index contributed by atoms with van der Waals surface area (Å²) >= 11 is 0. The Morgan fingerprint density at radius 2 is 2.40 bits per heavy atom. The van der Waals surface area contributed by atoms with Gasteiger partial charge >= 0.3 is 5.97 Å². The molecule has 0 aromatic carbocycles. The summed E-state index contributed by atoms with van der Waals surface area (Å²) < 4.78 is 0. The van der Waals surface area contributed by atoms with Crippen LogP contribution < -0.4 is 5.32 Å². The third-order valence-electron chi connectivity index (χ3n) is 2.48. The predicted octanol–water partition coefficient (Wildman–Crippen LogP) is 0.343. The zero-order valence-electron chi connectivity index (χ0n) is 7.88. The fourth-order valence-corrected chi connectivity index (χ4v) is 1.76. The SMILES string of the molecule is O=C1CC(C(=O)O)C(c2cccnc2)N1. The van der Waals surface area contributed by atoms with Crippen molar-refractivity contribution >= 4 is 11.9 Å². The van der Waals surface area contributed by atoms with Crippen LogP contribution in [0.4, 0.5) is 0 Å². The van der Waals surface area contributed by atoms with Crippen LogP contribution in [0.5, 0.6) is 0 Å². The smallest absolute Gasteiger partial charge is 0.309 e. The van der Waals surface area contributed by atoms with E-state index in [-0.39, 0.29) is 12.3 Å². The van der Waals surface area contributed by atoms with Gasteiger partial charge in [0.25, 0.3) is 0 Å². The number of nitrogens with zero attached hydrogens (tertiary/aromatic N) is 1. The lowest BCUT2D eigenvalue weighted by molar-refractivity contribution is -0.142. The molecule has 2 N–H and O–H groups in total. The van der Waals surface area contributed by atoms with E-state index in [2.05, 4.69) is 10.3 Å². The Labute approximate surface area is 86.1 Å². The van der Waals surface area contributed by atoms with Gasteiger partial charge in [-0.1, -0.05) is 6.07 Å². The van der Waals surface area contributed by atoms with Crippen molar-refractivity contribution in [1.82, 2.24) is 10.3 Å². The second kappa shape index (κ2) is 3.68. The minimum absolute atomic E-state index is 0.0366. The molecule has 1 saturated heterocycles. The molecule has 0 radical (unpaired) electrons. The summed E-state index contributed by atoms with van der Waals surface area (Å²) in [5.41, 5.74) is 0.732. The molecular weight excluding hydrogens is 196 g/mol. The minimum Gasteiger partial charge on any atom is -0.481 e. The summed E-state index contributed by atoms with van der Waals surface area (Å²) in [5, 5.41) is 11.6. The number of carbonyl (C=O) groups excluding carboxylic acids is 1. The summed E-state index contributed by atoms with van der Waals surface area (Å²) in [6, 6.07) is 3.03. The van der Waals surface area contributed by atoms with Crippen molar-refractivity contribution in [3.63, 3.8) is 0 Å². The van der Waals surface area contributed by atoms with E-state index in [1.165, 1.54) is 0 Å². The van der Waals surface area contributed by atoms with Crippen molar-refractivity contribution in [2.24, 2.45) is 5.92 Å². The van der Waals surface area contributed by atoms with Crippen LogP contribution in [0.3, 0.4) is 0 Å². The standard InChI is InChI=1S/C10H10N2O3/c13-8-4-7(10(14)15)9(12-8)6-2-1-3-11-5-6/h1-3,5,7,9H,4H2,(H,12,13)(H,14,15). The Balaban J connectivity index is 2.28. The second-order valence-corrected chi connectivity index (χ2v) is 3.48. The third-order valence-corrected chi connectivity index (χ3v) is 2.48. The first-order chi connectivity index (χ1) is 7.18. The molecule has 2 unspecified atom stereocenters. The number of aliphatic carboxylic acids is 1. The first-order valence-corrected chi connectivity index (χ1v) is 4.60. The van der Waals surface area contributed by atoms with Gasteiger partial charge in [0.15, 0.2) is 0 Å². The van der Waals surface area contributed by atoms with Crippen LogP contribution >= 0.6 is 0 Å². The number of rotatable bonds is 2. The van der Waals surface area contributed by atoms with Gasteiger partial charge in [-0.25, -0.2) is 0 Å². The monoisotopic (exact) mass is 206 g/mol. The molecule has 1 aliphatic heterocycles. The van der Waals surface area contributed by atoms with Crippen LogP contribution in [-0.4, -0.2) is 22.0 Å². The maximum Gasteiger partial charge on any atom is 0.309 e. The summed E-state index contributed by atoms with van der Waals surface area (Å²) in [4.78, 5) is 26.0. The van der Waals surface area contributed by atoms with Crippen molar-refractivity contribution in [2.45, 2.75) is 12.5 Å². The quantitative estimate of drug-likeness (QED) is 0.731. The van der Waals surface area contributed by atoms with Gasteiger partial charge in [0.2, 0.25) is 5.91 Å². The molecule has 1 aromatic heterocycles. The van der Waals surface area contributed by atoms with Gasteiger partial charge in [-0.3, -0.25) is 14.6 Å². The molecule has 1 fully saturated rings. The number of hydrogen-bond acceptors (Lipinski definition) is 3. The molecule has 1 aliphatic rings. The maximum atomic E-state index is 11.1. The van der Waals surface area contributed by atoms with E-state index in [0.29, 0.717) is 0 Å². The lowest BCUT2D eigenvalue weighted by Gasteiger charge is -2.14. The Bertz CT molecular complexity index is 391. The molecule has 1 amide bonds. The molecule has 2 atom stereocenters. The van der Waals surface area contributed by atoms with Crippen molar-refractivity contribution in [1.29, 1.82) is 0 Å². The van der Waals surface area contributed by atoms with Crippen LogP contribution in [0.1, 0.15) is 18.0 Å². The number of carboxylic acid groups (broad SMARTS) is 1. The topological polar surface area (TPSA) is 79.3 Å². The van der Waals surface area contributed by atoms with Gasteiger partial charge in [0.05, 0.1) is 12.0 Å². The Morgan fingerprint density at radius 3 is 3.00 bits per heavy atom. The van der Waals surface area contributed by atoms with E-state index in [0.717, 1.165) is 5.56 Å². The fourth-order valence-electron chi connectivity index (χ4n) is 1.76. The lowest BCUT2D eigenvalue weighted by atomic mass is 9.95. The molecule has 15 heavy (non-hydrogen) atoms. The molecule has 0 bridgehead atoms. The van der Waals surface area contributed by atoms with E-state index in [1.54, 1.807) is 24.5 Å². The van der Waals surface area contributed by atoms with Gasteiger partial charge in [-0.2, -0.15) is 0 Å². The van der Waals surface area contributed by atoms with Crippen molar-refractivity contribution in [2.75, 3.05) is 0 Å². The average Bonchev–Trinajstić information content (AvgIpc) is 2.62. The first-order valence-electron chi connectivity index (χ1n) is 4.60. The maximum absolute atomic E-state index is 11.1. The predicted molar refractivity (Wildman–Crippen MR) is 50.9 cm³/mol. The zero-order valence-corrected chi connectivity index (χ0v) is 7.88. The summed E-state index contributed by atoms with van der Waals surface area (Å²) in [6.45, 7) is 0. The first kappa shape index (κ1) is 9.64. The van der Waals surface area contributed by atoms with Crippen LogP contribution in [0.25, 0.3) is 0 Å². The number of amides is 1. The number of carbonyl (C=O) groups is 2. The van der Waals surface area contributed by atoms with E-state index >= 15 is 0 Å². The number of nitrogens with one attached hydrogen (secondary N) is 1. The molecular formula is C10H10N2O3. The molecule has 2 rings (SSSR count). The van der Waals surface area contributed by atoms with Gasteiger partial charge in [-0.05, 0) is 11.6 Å². The van der Waals surface area contributed by atoms with E-state index < -0.39 is 17.9 Å². The second-order valence-electron chi connectivity index (χ2n) is 3.48. The van der Waals surface area contributed by atoms with Crippen molar-refractivity contribution < 1.29 is 14.7 Å². The normalized spacial score (nSPS) is 24.9. The van der Waals surface area contributed by atoms with Gasteiger partial charge in [0.1, 0.15) is 0 Å². The van der Waals surface area contributed by atoms with Crippen LogP contribution in [0.2, 0.25) is 0 Å². The Morgan fingerprint density at radius 1 is 1.60 bits per heavy atom. The molecule has 0 spiro atoms. The average molecular weight is 206 g/mol. The number of hydrogen-bond donors (Lipinski definition) is 2. The molecule has 5 nitrogen and oxygen atoms in total. The highest BCUT2D eigenvalue weighted by atomic mass is 16.4. The van der Waals surface area contributed by atoms with Crippen molar-refractivity contribution in [3.8, 4) is 0 Å².